The number of rotatable bonds is 17. The highest BCUT2D eigenvalue weighted by molar-refractivity contribution is 5.73. The third kappa shape index (κ3) is 17.0. The summed E-state index contributed by atoms with van der Waals surface area (Å²) in [6.07, 6.45) is 12.2. The van der Waals surface area contributed by atoms with Crippen molar-refractivity contribution in [2.24, 2.45) is 5.92 Å². The Kier molecular flexibility index (Phi) is 15.2. The first-order valence-electron chi connectivity index (χ1n) is 11.3. The highest BCUT2D eigenvalue weighted by atomic mass is 16.6. The molecule has 0 amide bonds. The molecule has 0 aliphatic rings. The SMILES string of the molecule is CCCCCCCCCCCCOC(=O)C[C@H](C[N+](C)(C)C)OC(=O)C(C)C. The van der Waals surface area contributed by atoms with E-state index in [9.17, 15) is 9.59 Å². The van der Waals surface area contributed by atoms with Gasteiger partial charge in [-0.05, 0) is 6.42 Å². The molecule has 0 saturated heterocycles. The molecule has 166 valence electrons. The van der Waals surface area contributed by atoms with Crippen molar-refractivity contribution in [1.82, 2.24) is 0 Å². The Morgan fingerprint density at radius 3 is 1.79 bits per heavy atom. The highest BCUT2D eigenvalue weighted by Gasteiger charge is 2.26. The van der Waals surface area contributed by atoms with Gasteiger partial charge >= 0.3 is 11.9 Å². The van der Waals surface area contributed by atoms with Crippen molar-refractivity contribution < 1.29 is 23.5 Å². The number of hydrogen-bond donors (Lipinski definition) is 0. The van der Waals surface area contributed by atoms with Crippen LogP contribution in [0.2, 0.25) is 0 Å². The third-order valence-electron chi connectivity index (χ3n) is 4.66. The van der Waals surface area contributed by atoms with E-state index in [2.05, 4.69) is 6.92 Å². The van der Waals surface area contributed by atoms with Crippen molar-refractivity contribution in [2.45, 2.75) is 97.5 Å². The van der Waals surface area contributed by atoms with Gasteiger partial charge in [0.05, 0.1) is 40.1 Å². The highest BCUT2D eigenvalue weighted by Crippen LogP contribution is 2.12. The Morgan fingerprint density at radius 2 is 1.32 bits per heavy atom. The summed E-state index contributed by atoms with van der Waals surface area (Å²) < 4.78 is 11.5. The largest absolute Gasteiger partial charge is 0.466 e. The van der Waals surface area contributed by atoms with Crippen LogP contribution >= 0.6 is 0 Å². The van der Waals surface area contributed by atoms with Crippen molar-refractivity contribution in [3.8, 4) is 0 Å². The molecule has 0 aromatic rings. The van der Waals surface area contributed by atoms with E-state index in [4.69, 9.17) is 9.47 Å². The molecule has 0 heterocycles. The Hall–Kier alpha value is -1.10. The van der Waals surface area contributed by atoms with E-state index in [0.29, 0.717) is 17.6 Å². The molecule has 0 bridgehead atoms. The maximum Gasteiger partial charge on any atom is 0.309 e. The van der Waals surface area contributed by atoms with Crippen molar-refractivity contribution in [3.63, 3.8) is 0 Å². The number of carbonyl (C=O) groups excluding carboxylic acids is 2. The van der Waals surface area contributed by atoms with E-state index in [1.165, 1.54) is 51.4 Å². The maximum absolute atomic E-state index is 12.1. The molecule has 0 radical (unpaired) electrons. The summed E-state index contributed by atoms with van der Waals surface area (Å²) in [6.45, 7) is 6.90. The van der Waals surface area contributed by atoms with Gasteiger partial charge in [0.2, 0.25) is 0 Å². The molecule has 0 aromatic heterocycles. The second kappa shape index (κ2) is 15.8. The van der Waals surface area contributed by atoms with E-state index in [0.717, 1.165) is 12.8 Å². The van der Waals surface area contributed by atoms with Crippen molar-refractivity contribution in [1.29, 1.82) is 0 Å². The molecule has 0 aliphatic carbocycles. The van der Waals surface area contributed by atoms with Crippen LogP contribution in [0.1, 0.15) is 91.4 Å². The second-order valence-electron chi connectivity index (χ2n) is 9.29. The quantitative estimate of drug-likeness (QED) is 0.193. The average molecular weight is 401 g/mol. The predicted molar refractivity (Wildman–Crippen MR) is 115 cm³/mol. The summed E-state index contributed by atoms with van der Waals surface area (Å²) >= 11 is 0. The molecule has 0 N–H and O–H groups in total. The Labute approximate surface area is 173 Å². The molecule has 0 unspecified atom stereocenters. The number of quaternary nitrogens is 1. The number of likely N-dealkylation sites (N-methyl/N-ethyl adjacent to an activating group) is 1. The fraction of sp³-hybridized carbons (Fsp3) is 0.913. The first kappa shape index (κ1) is 26.9. The van der Waals surface area contributed by atoms with Crippen molar-refractivity contribution in [2.75, 3.05) is 34.3 Å². The zero-order valence-electron chi connectivity index (χ0n) is 19.4. The minimum absolute atomic E-state index is 0.131. The predicted octanol–water partition coefficient (Wildman–Crippen LogP) is 5.11. The van der Waals surface area contributed by atoms with Crippen LogP contribution in [0.4, 0.5) is 0 Å². The monoisotopic (exact) mass is 400 g/mol. The minimum atomic E-state index is -0.435. The van der Waals surface area contributed by atoms with Gasteiger partial charge in [-0.3, -0.25) is 9.59 Å². The van der Waals surface area contributed by atoms with Crippen LogP contribution in [0.15, 0.2) is 0 Å². The summed E-state index contributed by atoms with van der Waals surface area (Å²) in [5.41, 5.74) is 0. The fourth-order valence-corrected chi connectivity index (χ4v) is 3.08. The zero-order chi connectivity index (χ0) is 21.4. The summed E-state index contributed by atoms with van der Waals surface area (Å²) in [5, 5.41) is 0. The Balaban J connectivity index is 3.91. The minimum Gasteiger partial charge on any atom is -0.466 e. The van der Waals surface area contributed by atoms with E-state index >= 15 is 0 Å². The Morgan fingerprint density at radius 1 is 0.821 bits per heavy atom. The first-order valence-corrected chi connectivity index (χ1v) is 11.3. The molecule has 0 fully saturated rings. The van der Waals surface area contributed by atoms with E-state index in [1.54, 1.807) is 13.8 Å². The van der Waals surface area contributed by atoms with Gasteiger partial charge < -0.3 is 14.0 Å². The van der Waals surface area contributed by atoms with Gasteiger partial charge in [-0.1, -0.05) is 78.6 Å². The number of carbonyl (C=O) groups is 2. The first-order chi connectivity index (χ1) is 13.2. The summed E-state index contributed by atoms with van der Waals surface area (Å²) in [7, 11) is 6.06. The topological polar surface area (TPSA) is 52.6 Å². The number of ether oxygens (including phenoxy) is 2. The van der Waals surface area contributed by atoms with Crippen molar-refractivity contribution in [3.05, 3.63) is 0 Å². The third-order valence-corrected chi connectivity index (χ3v) is 4.66. The van der Waals surface area contributed by atoms with Gasteiger partial charge in [-0.25, -0.2) is 0 Å². The molecule has 1 atom stereocenters. The summed E-state index contributed by atoms with van der Waals surface area (Å²) in [6, 6.07) is 0. The van der Waals surface area contributed by atoms with E-state index in [1.807, 2.05) is 21.1 Å². The van der Waals surface area contributed by atoms with E-state index in [-0.39, 0.29) is 24.3 Å². The van der Waals surface area contributed by atoms with Crippen LogP contribution in [0.25, 0.3) is 0 Å². The van der Waals surface area contributed by atoms with Crippen LogP contribution in [-0.2, 0) is 19.1 Å². The smallest absolute Gasteiger partial charge is 0.309 e. The number of esters is 2. The van der Waals surface area contributed by atoms with Gasteiger partial charge in [0, 0.05) is 0 Å². The molecule has 0 aromatic carbocycles. The van der Waals surface area contributed by atoms with Gasteiger partial charge in [0.15, 0.2) is 6.10 Å². The molecular formula is C23H46NO4+. The summed E-state index contributed by atoms with van der Waals surface area (Å²) in [5.74, 6) is -0.732. The van der Waals surface area contributed by atoms with Crippen LogP contribution in [0.3, 0.4) is 0 Å². The normalized spacial score (nSPS) is 12.8. The molecule has 0 aliphatic heterocycles. The molecule has 0 spiro atoms. The molecular weight excluding hydrogens is 354 g/mol. The lowest BCUT2D eigenvalue weighted by molar-refractivity contribution is -0.873. The number of hydrogen-bond acceptors (Lipinski definition) is 4. The molecule has 0 saturated carbocycles. The van der Waals surface area contributed by atoms with Crippen LogP contribution in [0, 0.1) is 5.92 Å². The van der Waals surface area contributed by atoms with Crippen molar-refractivity contribution >= 4 is 11.9 Å². The van der Waals surface area contributed by atoms with Gasteiger partial charge in [0.1, 0.15) is 6.54 Å². The number of unbranched alkanes of at least 4 members (excludes halogenated alkanes) is 9. The lowest BCUT2D eigenvalue weighted by Crippen LogP contribution is -2.44. The second-order valence-corrected chi connectivity index (χ2v) is 9.29. The standard InChI is InChI=1S/C23H46NO4/c1-7-8-9-10-11-12-13-14-15-16-17-27-22(25)18-21(19-24(4,5)6)28-23(26)20(2)3/h20-21H,7-19H2,1-6H3/q+1/t21-/m1/s1. The molecule has 28 heavy (non-hydrogen) atoms. The van der Waals surface area contributed by atoms with Gasteiger partial charge in [-0.2, -0.15) is 0 Å². The molecule has 5 heteroatoms. The van der Waals surface area contributed by atoms with Gasteiger partial charge in [-0.15, -0.1) is 0 Å². The zero-order valence-corrected chi connectivity index (χ0v) is 19.4. The lowest BCUT2D eigenvalue weighted by atomic mass is 10.1. The van der Waals surface area contributed by atoms with Crippen LogP contribution in [0.5, 0.6) is 0 Å². The number of nitrogens with zero attached hydrogens (tertiary/aromatic N) is 1. The Bertz CT molecular complexity index is 415. The molecule has 0 rings (SSSR count). The van der Waals surface area contributed by atoms with Crippen LogP contribution in [-0.4, -0.2) is 56.8 Å². The van der Waals surface area contributed by atoms with Crippen LogP contribution < -0.4 is 0 Å². The lowest BCUT2D eigenvalue weighted by Gasteiger charge is -2.29. The fourth-order valence-electron chi connectivity index (χ4n) is 3.08. The van der Waals surface area contributed by atoms with Gasteiger partial charge in [0.25, 0.3) is 0 Å². The summed E-state index contributed by atoms with van der Waals surface area (Å²) in [4.78, 5) is 24.0. The maximum atomic E-state index is 12.1. The van der Waals surface area contributed by atoms with E-state index < -0.39 is 6.10 Å². The average Bonchev–Trinajstić information content (AvgIpc) is 2.58. The molecule has 5 nitrogen and oxygen atoms in total.